The van der Waals surface area contributed by atoms with E-state index in [9.17, 15) is 4.79 Å². The molecule has 1 saturated heterocycles. The molecule has 3 aromatic rings. The second-order valence-corrected chi connectivity index (χ2v) is 8.27. The van der Waals surface area contributed by atoms with E-state index in [2.05, 4.69) is 46.8 Å². The lowest BCUT2D eigenvalue weighted by atomic mass is 9.97. The van der Waals surface area contributed by atoms with Crippen molar-refractivity contribution in [2.24, 2.45) is 5.92 Å². The van der Waals surface area contributed by atoms with Gasteiger partial charge in [0.05, 0.1) is 17.9 Å². The summed E-state index contributed by atoms with van der Waals surface area (Å²) in [7, 11) is 2.21. The molecular weight excluding hydrogens is 362 g/mol. The van der Waals surface area contributed by atoms with Crippen LogP contribution in [0, 0.1) is 5.92 Å². The zero-order chi connectivity index (χ0) is 19.8. The molecule has 0 atom stereocenters. The van der Waals surface area contributed by atoms with Crippen molar-refractivity contribution in [3.63, 3.8) is 0 Å². The van der Waals surface area contributed by atoms with Crippen LogP contribution < -0.4 is 10.6 Å². The first-order chi connectivity index (χ1) is 14.2. The van der Waals surface area contributed by atoms with Crippen molar-refractivity contribution >= 4 is 11.6 Å². The van der Waals surface area contributed by atoms with Crippen LogP contribution in [-0.4, -0.2) is 46.9 Å². The number of hydrogen-bond acceptors (Lipinski definition) is 4. The molecule has 1 amide bonds. The summed E-state index contributed by atoms with van der Waals surface area (Å²) in [6, 6.07) is 14.3. The standard InChI is InChI=1S/C23H27N5O/c1-27-11-9-17(10-12-27)14-24-13-16-5-7-18(8-6-16)22-20-15-25-23(29)19-3-2-4-21(26-22)28(19)20/h2-8,17,24H,9-15H2,1H3,(H,25,29). The van der Waals surface area contributed by atoms with Crippen molar-refractivity contribution in [1.29, 1.82) is 0 Å². The molecule has 2 aromatic heterocycles. The maximum atomic E-state index is 12.1. The van der Waals surface area contributed by atoms with Crippen LogP contribution in [0.4, 0.5) is 0 Å². The molecule has 6 nitrogen and oxygen atoms in total. The monoisotopic (exact) mass is 389 g/mol. The fourth-order valence-electron chi connectivity index (χ4n) is 4.45. The highest BCUT2D eigenvalue weighted by atomic mass is 16.2. The lowest BCUT2D eigenvalue weighted by molar-refractivity contribution is 0.0936. The Morgan fingerprint density at radius 1 is 1.14 bits per heavy atom. The predicted octanol–water partition coefficient (Wildman–Crippen LogP) is 2.68. The van der Waals surface area contributed by atoms with Crippen LogP contribution in [0.5, 0.6) is 0 Å². The molecule has 0 saturated carbocycles. The second-order valence-electron chi connectivity index (χ2n) is 8.27. The maximum absolute atomic E-state index is 12.1. The number of benzene rings is 1. The van der Waals surface area contributed by atoms with Gasteiger partial charge < -0.3 is 15.5 Å². The number of nitrogens with zero attached hydrogens (tertiary/aromatic N) is 3. The molecule has 1 aromatic carbocycles. The molecular formula is C23H27N5O. The first-order valence-corrected chi connectivity index (χ1v) is 10.5. The van der Waals surface area contributed by atoms with Crippen molar-refractivity contribution in [3.05, 3.63) is 59.4 Å². The van der Waals surface area contributed by atoms with Gasteiger partial charge in [0.2, 0.25) is 0 Å². The SMILES string of the molecule is CN1CCC(CNCc2ccc(-c3nc4cccc5n4c3CNC5=O)cc2)CC1. The summed E-state index contributed by atoms with van der Waals surface area (Å²) in [5.74, 6) is 0.749. The third kappa shape index (κ3) is 3.54. The number of rotatable bonds is 5. The van der Waals surface area contributed by atoms with Gasteiger partial charge in [0.1, 0.15) is 11.3 Å². The number of hydrogen-bond donors (Lipinski definition) is 2. The van der Waals surface area contributed by atoms with Gasteiger partial charge in [0, 0.05) is 12.1 Å². The van der Waals surface area contributed by atoms with E-state index in [1.165, 1.54) is 31.5 Å². The molecule has 0 unspecified atom stereocenters. The van der Waals surface area contributed by atoms with E-state index in [0.717, 1.165) is 41.6 Å². The van der Waals surface area contributed by atoms with E-state index in [1.54, 1.807) is 0 Å². The molecule has 0 radical (unpaired) electrons. The maximum Gasteiger partial charge on any atom is 0.268 e. The number of piperidine rings is 1. The van der Waals surface area contributed by atoms with Gasteiger partial charge in [-0.1, -0.05) is 30.3 Å². The second kappa shape index (κ2) is 7.61. The van der Waals surface area contributed by atoms with Gasteiger partial charge in [-0.3, -0.25) is 9.20 Å². The van der Waals surface area contributed by atoms with Crippen molar-refractivity contribution < 1.29 is 4.79 Å². The summed E-state index contributed by atoms with van der Waals surface area (Å²) >= 11 is 0. The minimum atomic E-state index is -0.0434. The molecule has 2 aliphatic heterocycles. The van der Waals surface area contributed by atoms with Crippen molar-refractivity contribution in [2.45, 2.75) is 25.9 Å². The number of amides is 1. The molecule has 5 rings (SSSR count). The molecule has 0 bridgehead atoms. The molecule has 2 aliphatic rings. The molecule has 1 fully saturated rings. The summed E-state index contributed by atoms with van der Waals surface area (Å²) in [5.41, 5.74) is 5.84. The number of nitrogens with one attached hydrogen (secondary N) is 2. The van der Waals surface area contributed by atoms with Crippen LogP contribution in [0.2, 0.25) is 0 Å². The number of likely N-dealkylation sites (tertiary alicyclic amines) is 1. The predicted molar refractivity (Wildman–Crippen MR) is 114 cm³/mol. The molecule has 29 heavy (non-hydrogen) atoms. The first kappa shape index (κ1) is 18.3. The Labute approximate surface area is 170 Å². The Morgan fingerprint density at radius 3 is 2.72 bits per heavy atom. The molecule has 0 spiro atoms. The first-order valence-electron chi connectivity index (χ1n) is 10.5. The third-order valence-electron chi connectivity index (χ3n) is 6.22. The highest BCUT2D eigenvalue weighted by Crippen LogP contribution is 2.28. The highest BCUT2D eigenvalue weighted by molar-refractivity contribution is 5.95. The molecule has 6 heteroatoms. The summed E-state index contributed by atoms with van der Waals surface area (Å²) in [4.78, 5) is 19.3. The fourth-order valence-corrected chi connectivity index (χ4v) is 4.45. The van der Waals surface area contributed by atoms with Gasteiger partial charge in [-0.05, 0) is 63.1 Å². The minimum Gasteiger partial charge on any atom is -0.345 e. The summed E-state index contributed by atoms with van der Waals surface area (Å²) < 4.78 is 1.98. The van der Waals surface area contributed by atoms with Crippen LogP contribution in [0.3, 0.4) is 0 Å². The van der Waals surface area contributed by atoms with Crippen LogP contribution in [0.15, 0.2) is 42.5 Å². The van der Waals surface area contributed by atoms with Crippen molar-refractivity contribution in [2.75, 3.05) is 26.7 Å². The van der Waals surface area contributed by atoms with Crippen LogP contribution in [0.25, 0.3) is 16.9 Å². The molecule has 4 heterocycles. The van der Waals surface area contributed by atoms with Crippen molar-refractivity contribution in [3.8, 4) is 11.3 Å². The molecule has 2 N–H and O–H groups in total. The average Bonchev–Trinajstić information content (AvgIpc) is 3.13. The van der Waals surface area contributed by atoms with Gasteiger partial charge in [-0.2, -0.15) is 0 Å². The lowest BCUT2D eigenvalue weighted by Gasteiger charge is -2.29. The van der Waals surface area contributed by atoms with E-state index in [0.29, 0.717) is 12.2 Å². The quantitative estimate of drug-likeness (QED) is 0.704. The molecule has 0 aliphatic carbocycles. The Balaban J connectivity index is 1.29. The van der Waals surface area contributed by atoms with Gasteiger partial charge >= 0.3 is 0 Å². The fraction of sp³-hybridized carbons (Fsp3) is 0.391. The smallest absolute Gasteiger partial charge is 0.268 e. The summed E-state index contributed by atoms with van der Waals surface area (Å²) in [6.07, 6.45) is 2.58. The largest absolute Gasteiger partial charge is 0.345 e. The van der Waals surface area contributed by atoms with Gasteiger partial charge in [-0.25, -0.2) is 4.98 Å². The number of imidazole rings is 1. The number of carbonyl (C=O) groups is 1. The van der Waals surface area contributed by atoms with E-state index >= 15 is 0 Å². The van der Waals surface area contributed by atoms with Crippen molar-refractivity contribution in [1.82, 2.24) is 24.9 Å². The Bertz CT molecular complexity index is 1030. The average molecular weight is 390 g/mol. The van der Waals surface area contributed by atoms with Gasteiger partial charge in [-0.15, -0.1) is 0 Å². The van der Waals surface area contributed by atoms with Gasteiger partial charge in [0.15, 0.2) is 0 Å². The number of pyridine rings is 1. The van der Waals surface area contributed by atoms with Crippen LogP contribution >= 0.6 is 0 Å². The zero-order valence-electron chi connectivity index (χ0n) is 16.8. The zero-order valence-corrected chi connectivity index (χ0v) is 16.8. The summed E-state index contributed by atoms with van der Waals surface area (Å²) in [6.45, 7) is 4.92. The van der Waals surface area contributed by atoms with Gasteiger partial charge in [0.25, 0.3) is 5.91 Å². The lowest BCUT2D eigenvalue weighted by Crippen LogP contribution is -2.34. The summed E-state index contributed by atoms with van der Waals surface area (Å²) in [5, 5.41) is 6.58. The third-order valence-corrected chi connectivity index (χ3v) is 6.22. The molecule has 150 valence electrons. The normalized spacial score (nSPS) is 17.6. The van der Waals surface area contributed by atoms with E-state index < -0.39 is 0 Å². The number of carbonyl (C=O) groups excluding carboxylic acids is 1. The Kier molecular flexibility index (Phi) is 4.81. The minimum absolute atomic E-state index is 0.0434. The topological polar surface area (TPSA) is 61.7 Å². The number of aromatic nitrogens is 2. The van der Waals surface area contributed by atoms with E-state index in [-0.39, 0.29) is 5.91 Å². The van der Waals surface area contributed by atoms with Crippen LogP contribution in [-0.2, 0) is 13.1 Å². The Morgan fingerprint density at radius 2 is 1.93 bits per heavy atom. The Hall–Kier alpha value is -2.70. The van der Waals surface area contributed by atoms with E-state index in [4.69, 9.17) is 4.98 Å². The van der Waals surface area contributed by atoms with Crippen LogP contribution in [0.1, 0.15) is 34.6 Å². The highest BCUT2D eigenvalue weighted by Gasteiger charge is 2.23. The van der Waals surface area contributed by atoms with E-state index in [1.807, 2.05) is 22.6 Å².